The number of hydrogen-bond donors (Lipinski definition) is 2. The number of aliphatic hydroxyl groups excluding tert-OH is 1. The molecule has 0 bridgehead atoms. The SMILES string of the molecule is CCCN(C(=O)Nc1ccc(Cl)cc1)[C@@H]1CCCC[C@@H]1O. The quantitative estimate of drug-likeness (QED) is 0.886. The van der Waals surface area contributed by atoms with Crippen molar-refractivity contribution in [2.24, 2.45) is 0 Å². The largest absolute Gasteiger partial charge is 0.391 e. The van der Waals surface area contributed by atoms with Crippen LogP contribution in [-0.2, 0) is 0 Å². The maximum Gasteiger partial charge on any atom is 0.322 e. The van der Waals surface area contributed by atoms with Crippen LogP contribution in [0.1, 0.15) is 39.0 Å². The number of rotatable bonds is 4. The Morgan fingerprint density at radius 2 is 2.00 bits per heavy atom. The molecule has 1 saturated carbocycles. The van der Waals surface area contributed by atoms with Crippen LogP contribution < -0.4 is 5.32 Å². The van der Waals surface area contributed by atoms with Gasteiger partial charge in [0.25, 0.3) is 0 Å². The lowest BCUT2D eigenvalue weighted by molar-refractivity contribution is 0.0397. The zero-order valence-corrected chi connectivity index (χ0v) is 13.1. The number of hydrogen-bond acceptors (Lipinski definition) is 2. The van der Waals surface area contributed by atoms with E-state index in [0.29, 0.717) is 11.6 Å². The Labute approximate surface area is 131 Å². The Kier molecular flexibility index (Phi) is 5.88. The Balaban J connectivity index is 2.05. The molecule has 116 valence electrons. The molecular weight excluding hydrogens is 288 g/mol. The fourth-order valence-corrected chi connectivity index (χ4v) is 2.97. The Morgan fingerprint density at radius 1 is 1.33 bits per heavy atom. The molecule has 0 heterocycles. The van der Waals surface area contributed by atoms with Gasteiger partial charge in [-0.05, 0) is 43.5 Å². The number of anilines is 1. The van der Waals surface area contributed by atoms with E-state index in [1.807, 2.05) is 6.92 Å². The van der Waals surface area contributed by atoms with Gasteiger partial charge in [-0.3, -0.25) is 0 Å². The van der Waals surface area contributed by atoms with E-state index in [2.05, 4.69) is 5.32 Å². The highest BCUT2D eigenvalue weighted by Gasteiger charge is 2.31. The Hall–Kier alpha value is -1.26. The fourth-order valence-electron chi connectivity index (χ4n) is 2.84. The van der Waals surface area contributed by atoms with Crippen molar-refractivity contribution in [1.82, 2.24) is 4.90 Å². The topological polar surface area (TPSA) is 52.6 Å². The number of carbonyl (C=O) groups is 1. The molecule has 1 aromatic rings. The van der Waals surface area contributed by atoms with Crippen molar-refractivity contribution >= 4 is 23.3 Å². The molecule has 2 N–H and O–H groups in total. The zero-order chi connectivity index (χ0) is 15.2. The minimum absolute atomic E-state index is 0.0778. The summed E-state index contributed by atoms with van der Waals surface area (Å²) in [4.78, 5) is 14.3. The van der Waals surface area contributed by atoms with Crippen molar-refractivity contribution in [3.8, 4) is 0 Å². The lowest BCUT2D eigenvalue weighted by atomic mass is 9.91. The van der Waals surface area contributed by atoms with Crippen LogP contribution in [0.2, 0.25) is 5.02 Å². The number of aliphatic hydroxyl groups is 1. The van der Waals surface area contributed by atoms with Gasteiger partial charge in [0.05, 0.1) is 12.1 Å². The van der Waals surface area contributed by atoms with Gasteiger partial charge in [0.1, 0.15) is 0 Å². The van der Waals surface area contributed by atoms with Crippen LogP contribution in [0.15, 0.2) is 24.3 Å². The number of nitrogens with one attached hydrogen (secondary N) is 1. The lowest BCUT2D eigenvalue weighted by Gasteiger charge is -2.37. The first-order valence-electron chi connectivity index (χ1n) is 7.63. The summed E-state index contributed by atoms with van der Waals surface area (Å²) in [6.07, 6.45) is 4.21. The third-order valence-electron chi connectivity index (χ3n) is 3.92. The predicted molar refractivity (Wildman–Crippen MR) is 85.7 cm³/mol. The summed E-state index contributed by atoms with van der Waals surface area (Å²) in [5, 5.41) is 13.7. The van der Waals surface area contributed by atoms with Crippen molar-refractivity contribution in [3.63, 3.8) is 0 Å². The number of halogens is 1. The Morgan fingerprint density at radius 3 is 2.62 bits per heavy atom. The third kappa shape index (κ3) is 4.35. The van der Waals surface area contributed by atoms with Crippen molar-refractivity contribution in [2.45, 2.75) is 51.2 Å². The van der Waals surface area contributed by atoms with E-state index in [1.165, 1.54) is 0 Å². The molecule has 0 aromatic heterocycles. The first-order chi connectivity index (χ1) is 10.1. The highest BCUT2D eigenvalue weighted by Crippen LogP contribution is 2.24. The van der Waals surface area contributed by atoms with Crippen LogP contribution in [0.5, 0.6) is 0 Å². The van der Waals surface area contributed by atoms with Crippen LogP contribution in [0.4, 0.5) is 10.5 Å². The van der Waals surface area contributed by atoms with E-state index in [1.54, 1.807) is 29.2 Å². The van der Waals surface area contributed by atoms with E-state index in [0.717, 1.165) is 37.8 Å². The van der Waals surface area contributed by atoms with Crippen LogP contribution in [0.3, 0.4) is 0 Å². The van der Waals surface area contributed by atoms with Gasteiger partial charge in [-0.1, -0.05) is 31.4 Å². The number of urea groups is 1. The van der Waals surface area contributed by atoms with Gasteiger partial charge in [-0.2, -0.15) is 0 Å². The average Bonchev–Trinajstić information content (AvgIpc) is 2.48. The molecule has 1 aromatic carbocycles. The van der Waals surface area contributed by atoms with E-state index < -0.39 is 6.10 Å². The van der Waals surface area contributed by atoms with Gasteiger partial charge in [-0.15, -0.1) is 0 Å². The summed E-state index contributed by atoms with van der Waals surface area (Å²) < 4.78 is 0. The van der Waals surface area contributed by atoms with Gasteiger partial charge in [0.15, 0.2) is 0 Å². The maximum absolute atomic E-state index is 12.5. The summed E-state index contributed by atoms with van der Waals surface area (Å²) in [5.74, 6) is 0. The molecule has 5 heteroatoms. The second-order valence-corrected chi connectivity index (χ2v) is 5.99. The number of carbonyl (C=O) groups excluding carboxylic acids is 1. The van der Waals surface area contributed by atoms with E-state index in [9.17, 15) is 9.90 Å². The molecule has 4 nitrogen and oxygen atoms in total. The standard InChI is InChI=1S/C16H23ClN2O2/c1-2-11-19(14-5-3-4-6-15(14)20)16(21)18-13-9-7-12(17)8-10-13/h7-10,14-15,20H,2-6,11H2,1H3,(H,18,21)/t14-,15+/m1/s1. The summed E-state index contributed by atoms with van der Waals surface area (Å²) in [6.45, 7) is 2.69. The first kappa shape index (κ1) is 16.1. The van der Waals surface area contributed by atoms with Gasteiger partial charge in [0, 0.05) is 17.3 Å². The molecule has 1 aliphatic rings. The summed E-state index contributed by atoms with van der Waals surface area (Å²) in [7, 11) is 0. The molecule has 0 unspecified atom stereocenters. The highest BCUT2D eigenvalue weighted by molar-refractivity contribution is 6.30. The van der Waals surface area contributed by atoms with E-state index >= 15 is 0 Å². The zero-order valence-electron chi connectivity index (χ0n) is 12.4. The van der Waals surface area contributed by atoms with E-state index in [-0.39, 0.29) is 12.1 Å². The molecule has 2 rings (SSSR count). The van der Waals surface area contributed by atoms with Gasteiger partial charge in [-0.25, -0.2) is 4.79 Å². The molecule has 0 aliphatic heterocycles. The van der Waals surface area contributed by atoms with Crippen LogP contribution >= 0.6 is 11.6 Å². The van der Waals surface area contributed by atoms with Crippen molar-refractivity contribution < 1.29 is 9.90 Å². The van der Waals surface area contributed by atoms with E-state index in [4.69, 9.17) is 11.6 Å². The van der Waals surface area contributed by atoms with Gasteiger partial charge in [0.2, 0.25) is 0 Å². The second kappa shape index (κ2) is 7.66. The molecule has 1 aliphatic carbocycles. The monoisotopic (exact) mass is 310 g/mol. The lowest BCUT2D eigenvalue weighted by Crippen LogP contribution is -2.50. The molecule has 0 spiro atoms. The predicted octanol–water partition coefficient (Wildman–Crippen LogP) is 3.89. The van der Waals surface area contributed by atoms with Crippen molar-refractivity contribution in [1.29, 1.82) is 0 Å². The maximum atomic E-state index is 12.5. The molecular formula is C16H23ClN2O2. The third-order valence-corrected chi connectivity index (χ3v) is 4.17. The summed E-state index contributed by atoms with van der Waals surface area (Å²) >= 11 is 5.85. The molecule has 2 atom stereocenters. The van der Waals surface area contributed by atoms with Crippen LogP contribution in [0.25, 0.3) is 0 Å². The molecule has 0 saturated heterocycles. The molecule has 2 amide bonds. The second-order valence-electron chi connectivity index (χ2n) is 5.55. The first-order valence-corrected chi connectivity index (χ1v) is 8.01. The normalized spacial score (nSPS) is 21.9. The summed E-state index contributed by atoms with van der Waals surface area (Å²) in [6, 6.07) is 6.83. The highest BCUT2D eigenvalue weighted by atomic mass is 35.5. The Bertz CT molecular complexity index is 464. The van der Waals surface area contributed by atoms with Crippen molar-refractivity contribution in [2.75, 3.05) is 11.9 Å². The number of nitrogens with zero attached hydrogens (tertiary/aromatic N) is 1. The van der Waals surface area contributed by atoms with Gasteiger partial charge < -0.3 is 15.3 Å². The molecule has 1 fully saturated rings. The van der Waals surface area contributed by atoms with Crippen molar-refractivity contribution in [3.05, 3.63) is 29.3 Å². The number of benzene rings is 1. The minimum Gasteiger partial charge on any atom is -0.391 e. The van der Waals surface area contributed by atoms with Gasteiger partial charge >= 0.3 is 6.03 Å². The van der Waals surface area contributed by atoms with Crippen LogP contribution in [0, 0.1) is 0 Å². The number of amides is 2. The minimum atomic E-state index is -0.415. The summed E-state index contributed by atoms with van der Waals surface area (Å²) in [5.41, 5.74) is 0.718. The average molecular weight is 311 g/mol. The fraction of sp³-hybridized carbons (Fsp3) is 0.562. The molecule has 21 heavy (non-hydrogen) atoms. The van der Waals surface area contributed by atoms with Crippen LogP contribution in [-0.4, -0.2) is 34.7 Å². The smallest absolute Gasteiger partial charge is 0.322 e. The molecule has 0 radical (unpaired) electrons.